The average Bonchev–Trinajstić information content (AvgIpc) is 2.78. The lowest BCUT2D eigenvalue weighted by Gasteiger charge is -2.01. The van der Waals surface area contributed by atoms with Crippen molar-refractivity contribution in [3.8, 4) is 6.07 Å². The van der Waals surface area contributed by atoms with E-state index in [1.54, 1.807) is 29.7 Å². The first kappa shape index (κ1) is 11.6. The quantitative estimate of drug-likeness (QED) is 0.900. The van der Waals surface area contributed by atoms with Crippen LogP contribution in [0.15, 0.2) is 23.7 Å². The fourth-order valence-electron chi connectivity index (χ4n) is 1.29. The molecule has 86 valence electrons. The molecule has 2 aromatic heterocycles. The van der Waals surface area contributed by atoms with Gasteiger partial charge in [0, 0.05) is 11.6 Å². The molecular weight excluding hydrogens is 232 g/mol. The summed E-state index contributed by atoms with van der Waals surface area (Å²) in [4.78, 5) is 8.59. The predicted octanol–water partition coefficient (Wildman–Crippen LogP) is 3.28. The van der Waals surface area contributed by atoms with E-state index in [0.717, 1.165) is 10.8 Å². The summed E-state index contributed by atoms with van der Waals surface area (Å²) in [5, 5.41) is 14.7. The molecule has 0 bridgehead atoms. The van der Waals surface area contributed by atoms with E-state index in [4.69, 9.17) is 5.26 Å². The zero-order valence-electron chi connectivity index (χ0n) is 9.64. The average molecular weight is 244 g/mol. The van der Waals surface area contributed by atoms with Gasteiger partial charge in [-0.25, -0.2) is 9.97 Å². The van der Waals surface area contributed by atoms with Crippen LogP contribution in [0.1, 0.15) is 31.0 Å². The number of rotatable bonds is 3. The van der Waals surface area contributed by atoms with Crippen LogP contribution in [0.5, 0.6) is 0 Å². The van der Waals surface area contributed by atoms with Gasteiger partial charge in [-0.1, -0.05) is 13.8 Å². The second-order valence-corrected chi connectivity index (χ2v) is 4.76. The van der Waals surface area contributed by atoms with E-state index in [9.17, 15) is 0 Å². The molecule has 2 heterocycles. The Morgan fingerprint density at radius 2 is 2.29 bits per heavy atom. The summed E-state index contributed by atoms with van der Waals surface area (Å²) < 4.78 is 0. The Balaban J connectivity index is 2.17. The van der Waals surface area contributed by atoms with Gasteiger partial charge < -0.3 is 5.32 Å². The van der Waals surface area contributed by atoms with Crippen molar-refractivity contribution in [1.29, 1.82) is 5.26 Å². The lowest BCUT2D eigenvalue weighted by atomic mass is 10.2. The van der Waals surface area contributed by atoms with Gasteiger partial charge in [-0.05, 0) is 18.1 Å². The van der Waals surface area contributed by atoms with Crippen LogP contribution in [-0.2, 0) is 0 Å². The maximum Gasteiger partial charge on any atom is 0.188 e. The van der Waals surface area contributed by atoms with Gasteiger partial charge >= 0.3 is 0 Å². The van der Waals surface area contributed by atoms with Crippen LogP contribution in [0.4, 0.5) is 10.9 Å². The molecule has 2 rings (SSSR count). The molecule has 0 aromatic carbocycles. The smallest absolute Gasteiger partial charge is 0.188 e. The zero-order valence-corrected chi connectivity index (χ0v) is 10.5. The van der Waals surface area contributed by atoms with E-state index in [-0.39, 0.29) is 0 Å². The molecule has 0 saturated carbocycles. The first-order chi connectivity index (χ1) is 8.19. The predicted molar refractivity (Wildman–Crippen MR) is 68.4 cm³/mol. The van der Waals surface area contributed by atoms with Crippen LogP contribution < -0.4 is 5.32 Å². The van der Waals surface area contributed by atoms with E-state index in [1.165, 1.54) is 0 Å². The normalized spacial score (nSPS) is 10.2. The summed E-state index contributed by atoms with van der Waals surface area (Å²) in [6.45, 7) is 4.21. The Hall–Kier alpha value is -1.93. The lowest BCUT2D eigenvalue weighted by Crippen LogP contribution is -1.94. The van der Waals surface area contributed by atoms with Gasteiger partial charge in [0.15, 0.2) is 5.13 Å². The van der Waals surface area contributed by atoms with Crippen molar-refractivity contribution in [2.45, 2.75) is 19.8 Å². The molecule has 5 heteroatoms. The summed E-state index contributed by atoms with van der Waals surface area (Å²) >= 11 is 1.54. The Labute approximate surface area is 104 Å². The largest absolute Gasteiger partial charge is 0.316 e. The second-order valence-electron chi connectivity index (χ2n) is 3.90. The van der Waals surface area contributed by atoms with E-state index >= 15 is 0 Å². The summed E-state index contributed by atoms with van der Waals surface area (Å²) in [6, 6.07) is 5.46. The molecular formula is C12H12N4S. The van der Waals surface area contributed by atoms with Gasteiger partial charge in [0.05, 0.1) is 17.3 Å². The van der Waals surface area contributed by atoms with Crippen LogP contribution in [0.3, 0.4) is 0 Å². The number of nitriles is 1. The number of thiazole rings is 1. The number of hydrogen-bond acceptors (Lipinski definition) is 5. The highest BCUT2D eigenvalue weighted by Gasteiger charge is 2.06. The minimum absolute atomic E-state index is 0.417. The monoisotopic (exact) mass is 244 g/mol. The van der Waals surface area contributed by atoms with Gasteiger partial charge in [0.25, 0.3) is 0 Å². The number of anilines is 2. The Morgan fingerprint density at radius 1 is 1.47 bits per heavy atom. The van der Waals surface area contributed by atoms with Gasteiger partial charge in [-0.3, -0.25) is 0 Å². The van der Waals surface area contributed by atoms with Gasteiger partial charge in [-0.15, -0.1) is 11.3 Å². The third-order valence-electron chi connectivity index (χ3n) is 2.24. The summed E-state index contributed by atoms with van der Waals surface area (Å²) in [7, 11) is 0. The fourth-order valence-corrected chi connectivity index (χ4v) is 2.17. The first-order valence-electron chi connectivity index (χ1n) is 5.27. The van der Waals surface area contributed by atoms with Crippen LogP contribution in [-0.4, -0.2) is 9.97 Å². The van der Waals surface area contributed by atoms with Crippen molar-refractivity contribution < 1.29 is 0 Å². The van der Waals surface area contributed by atoms with Crippen molar-refractivity contribution in [2.24, 2.45) is 0 Å². The van der Waals surface area contributed by atoms with Crippen LogP contribution in [0.2, 0.25) is 0 Å². The number of hydrogen-bond donors (Lipinski definition) is 1. The third kappa shape index (κ3) is 2.80. The van der Waals surface area contributed by atoms with Crippen LogP contribution in [0.25, 0.3) is 0 Å². The van der Waals surface area contributed by atoms with Gasteiger partial charge in [0.2, 0.25) is 0 Å². The van der Waals surface area contributed by atoms with E-state index in [2.05, 4.69) is 35.2 Å². The highest BCUT2D eigenvalue weighted by Crippen LogP contribution is 2.23. The number of nitrogens with one attached hydrogen (secondary N) is 1. The molecule has 0 spiro atoms. The van der Waals surface area contributed by atoms with E-state index in [0.29, 0.717) is 17.3 Å². The lowest BCUT2D eigenvalue weighted by molar-refractivity contribution is 0.834. The molecule has 0 unspecified atom stereocenters. The van der Waals surface area contributed by atoms with Gasteiger partial charge in [-0.2, -0.15) is 5.26 Å². The maximum atomic E-state index is 8.79. The van der Waals surface area contributed by atoms with Crippen molar-refractivity contribution in [3.63, 3.8) is 0 Å². The molecule has 0 aliphatic rings. The highest BCUT2D eigenvalue weighted by atomic mass is 32.1. The Morgan fingerprint density at radius 3 is 2.94 bits per heavy atom. The SMILES string of the molecule is CC(C)c1csc(Nc2cc(C#N)ccn2)n1. The molecule has 2 aromatic rings. The third-order valence-corrected chi connectivity index (χ3v) is 3.01. The number of nitrogens with zero attached hydrogens (tertiary/aromatic N) is 3. The van der Waals surface area contributed by atoms with E-state index < -0.39 is 0 Å². The zero-order chi connectivity index (χ0) is 12.3. The molecule has 0 radical (unpaired) electrons. The number of pyridine rings is 1. The highest BCUT2D eigenvalue weighted by molar-refractivity contribution is 7.13. The van der Waals surface area contributed by atoms with Crippen molar-refractivity contribution in [2.75, 3.05) is 5.32 Å². The van der Waals surface area contributed by atoms with Crippen LogP contribution in [0, 0.1) is 11.3 Å². The van der Waals surface area contributed by atoms with Crippen LogP contribution >= 0.6 is 11.3 Å². The molecule has 0 fully saturated rings. The molecule has 17 heavy (non-hydrogen) atoms. The topological polar surface area (TPSA) is 61.6 Å². The minimum Gasteiger partial charge on any atom is -0.316 e. The minimum atomic E-state index is 0.417. The van der Waals surface area contributed by atoms with Crippen molar-refractivity contribution in [3.05, 3.63) is 35.0 Å². The molecule has 4 nitrogen and oxygen atoms in total. The van der Waals surface area contributed by atoms with Crippen molar-refractivity contribution in [1.82, 2.24) is 9.97 Å². The van der Waals surface area contributed by atoms with E-state index in [1.807, 2.05) is 5.38 Å². The Kier molecular flexibility index (Phi) is 3.35. The van der Waals surface area contributed by atoms with Crippen molar-refractivity contribution >= 4 is 22.3 Å². The molecule has 0 atom stereocenters. The summed E-state index contributed by atoms with van der Waals surface area (Å²) in [6.07, 6.45) is 1.61. The van der Waals surface area contributed by atoms with Gasteiger partial charge in [0.1, 0.15) is 5.82 Å². The summed E-state index contributed by atoms with van der Waals surface area (Å²) in [5.74, 6) is 1.06. The number of aromatic nitrogens is 2. The molecule has 0 aliphatic carbocycles. The molecule has 1 N–H and O–H groups in total. The molecule has 0 amide bonds. The fraction of sp³-hybridized carbons (Fsp3) is 0.250. The maximum absolute atomic E-state index is 8.79. The molecule has 0 saturated heterocycles. The summed E-state index contributed by atoms with van der Waals surface area (Å²) in [5.41, 5.74) is 1.65. The molecule has 0 aliphatic heterocycles. The second kappa shape index (κ2) is 4.93. The standard InChI is InChI=1S/C12H12N4S/c1-8(2)10-7-17-12(15-10)16-11-5-9(6-13)3-4-14-11/h3-5,7-8H,1-2H3,(H,14,15,16). The first-order valence-corrected chi connectivity index (χ1v) is 6.15. The Bertz CT molecular complexity index is 554.